The van der Waals surface area contributed by atoms with Crippen molar-refractivity contribution >= 4 is 11.7 Å². The molecule has 0 spiro atoms. The van der Waals surface area contributed by atoms with E-state index in [1.54, 1.807) is 18.9 Å². The first kappa shape index (κ1) is 21.1. The highest BCUT2D eigenvalue weighted by Crippen LogP contribution is 2.44. The first-order valence-electron chi connectivity index (χ1n) is 11.1. The number of nitrogens with zero attached hydrogens (tertiary/aromatic N) is 3. The minimum Gasteiger partial charge on any atom is -0.497 e. The van der Waals surface area contributed by atoms with E-state index in [1.807, 2.05) is 49.4 Å². The van der Waals surface area contributed by atoms with Gasteiger partial charge in [-0.15, -0.1) is 5.10 Å². The molecule has 1 aliphatic heterocycles. The Morgan fingerprint density at radius 3 is 2.58 bits per heavy atom. The fourth-order valence-corrected chi connectivity index (χ4v) is 4.49. The molecule has 2 aromatic carbocycles. The van der Waals surface area contributed by atoms with Crippen LogP contribution in [0.4, 0.5) is 5.95 Å². The summed E-state index contributed by atoms with van der Waals surface area (Å²) >= 11 is 0. The second-order valence-electron chi connectivity index (χ2n) is 7.97. The van der Waals surface area contributed by atoms with Crippen LogP contribution in [0.15, 0.2) is 53.7 Å². The second-order valence-corrected chi connectivity index (χ2v) is 7.97. The van der Waals surface area contributed by atoms with E-state index in [1.165, 1.54) is 0 Å². The standard InChI is InChI=1S/C25H26N4O4/c1-4-33-16-10-8-15(9-11-16)24-27-25-26-19-6-5-7-20(30)22(19)23(29(25)28-24)18-14-17(31-2)12-13-21(18)32-3/h8-14,23H,4-7H2,1-3H3,(H,26,27,28). The summed E-state index contributed by atoms with van der Waals surface area (Å²) in [5, 5.41) is 8.20. The third kappa shape index (κ3) is 3.71. The molecule has 33 heavy (non-hydrogen) atoms. The number of allylic oxidation sites excluding steroid dienone is 2. The Kier molecular flexibility index (Phi) is 5.50. The van der Waals surface area contributed by atoms with Crippen molar-refractivity contribution in [1.82, 2.24) is 14.8 Å². The number of methoxy groups -OCH3 is 2. The fourth-order valence-electron chi connectivity index (χ4n) is 4.49. The first-order valence-corrected chi connectivity index (χ1v) is 11.1. The van der Waals surface area contributed by atoms with Crippen molar-refractivity contribution in [2.75, 3.05) is 26.1 Å². The number of anilines is 1. The van der Waals surface area contributed by atoms with Crippen LogP contribution in [0.3, 0.4) is 0 Å². The Bertz CT molecular complexity index is 1230. The van der Waals surface area contributed by atoms with E-state index in [0.717, 1.165) is 35.4 Å². The fraction of sp³-hybridized carbons (Fsp3) is 0.320. The van der Waals surface area contributed by atoms with Crippen LogP contribution >= 0.6 is 0 Å². The summed E-state index contributed by atoms with van der Waals surface area (Å²) in [5.74, 6) is 3.43. The third-order valence-corrected chi connectivity index (χ3v) is 6.02. The molecular formula is C25H26N4O4. The minimum atomic E-state index is -0.460. The lowest BCUT2D eigenvalue weighted by Gasteiger charge is -2.32. The molecule has 3 aromatic rings. The molecular weight excluding hydrogens is 420 g/mol. The van der Waals surface area contributed by atoms with Crippen LogP contribution in [0, 0.1) is 0 Å². The monoisotopic (exact) mass is 446 g/mol. The Morgan fingerprint density at radius 2 is 1.85 bits per heavy atom. The molecule has 0 saturated heterocycles. The van der Waals surface area contributed by atoms with Gasteiger partial charge in [-0.2, -0.15) is 4.98 Å². The van der Waals surface area contributed by atoms with Crippen molar-refractivity contribution in [3.05, 3.63) is 59.3 Å². The van der Waals surface area contributed by atoms with Gasteiger partial charge in [-0.1, -0.05) is 0 Å². The highest BCUT2D eigenvalue weighted by Gasteiger charge is 2.38. The summed E-state index contributed by atoms with van der Waals surface area (Å²) in [5.41, 5.74) is 3.29. The van der Waals surface area contributed by atoms with Crippen LogP contribution < -0.4 is 19.5 Å². The summed E-state index contributed by atoms with van der Waals surface area (Å²) in [6.07, 6.45) is 2.11. The van der Waals surface area contributed by atoms with Gasteiger partial charge in [0.15, 0.2) is 11.6 Å². The average molecular weight is 447 g/mol. The minimum absolute atomic E-state index is 0.113. The molecule has 1 aromatic heterocycles. The molecule has 2 aliphatic rings. The van der Waals surface area contributed by atoms with Gasteiger partial charge >= 0.3 is 0 Å². The maximum absolute atomic E-state index is 13.1. The Labute approximate surface area is 192 Å². The largest absolute Gasteiger partial charge is 0.497 e. The Hall–Kier alpha value is -3.81. The molecule has 0 amide bonds. The SMILES string of the molecule is CCOc1ccc(-c2nc3n(n2)C(c2cc(OC)ccc2OC)C2=C(CCCC2=O)N3)cc1. The van der Waals surface area contributed by atoms with Crippen molar-refractivity contribution in [2.24, 2.45) is 0 Å². The van der Waals surface area contributed by atoms with Gasteiger partial charge in [0.2, 0.25) is 5.95 Å². The third-order valence-electron chi connectivity index (χ3n) is 6.02. The van der Waals surface area contributed by atoms with Gasteiger partial charge in [-0.3, -0.25) is 4.79 Å². The molecule has 2 heterocycles. The summed E-state index contributed by atoms with van der Waals surface area (Å²) < 4.78 is 18.5. The molecule has 0 radical (unpaired) electrons. The van der Waals surface area contributed by atoms with Gasteiger partial charge in [0.25, 0.3) is 0 Å². The average Bonchev–Trinajstić information content (AvgIpc) is 3.27. The van der Waals surface area contributed by atoms with Gasteiger partial charge in [-0.25, -0.2) is 4.68 Å². The Morgan fingerprint density at radius 1 is 1.06 bits per heavy atom. The maximum atomic E-state index is 13.1. The normalized spacial score (nSPS) is 17.2. The number of ketones is 1. The molecule has 8 heteroatoms. The quantitative estimate of drug-likeness (QED) is 0.601. The molecule has 1 unspecified atom stereocenters. The maximum Gasteiger partial charge on any atom is 0.226 e. The van der Waals surface area contributed by atoms with Gasteiger partial charge in [0.1, 0.15) is 23.3 Å². The van der Waals surface area contributed by atoms with Crippen LogP contribution in [-0.2, 0) is 4.79 Å². The summed E-state index contributed by atoms with van der Waals surface area (Å²) in [6.45, 7) is 2.56. The van der Waals surface area contributed by atoms with Crippen LogP contribution in [0.2, 0.25) is 0 Å². The highest BCUT2D eigenvalue weighted by atomic mass is 16.5. The highest BCUT2D eigenvalue weighted by molar-refractivity contribution is 5.99. The smallest absolute Gasteiger partial charge is 0.226 e. The van der Waals surface area contributed by atoms with E-state index in [4.69, 9.17) is 24.3 Å². The summed E-state index contributed by atoms with van der Waals surface area (Å²) in [6, 6.07) is 12.8. The molecule has 5 rings (SSSR count). The lowest BCUT2D eigenvalue weighted by atomic mass is 9.85. The predicted molar refractivity (Wildman–Crippen MR) is 124 cm³/mol. The zero-order valence-corrected chi connectivity index (χ0v) is 18.9. The van der Waals surface area contributed by atoms with Gasteiger partial charge in [0, 0.05) is 28.8 Å². The molecule has 0 saturated carbocycles. The topological polar surface area (TPSA) is 87.5 Å². The molecule has 1 atom stereocenters. The van der Waals surface area contributed by atoms with Crippen molar-refractivity contribution in [3.8, 4) is 28.6 Å². The van der Waals surface area contributed by atoms with E-state index in [9.17, 15) is 4.79 Å². The first-order chi connectivity index (χ1) is 16.1. The second kappa shape index (κ2) is 8.61. The number of hydrogen-bond donors (Lipinski definition) is 1. The molecule has 1 N–H and O–H groups in total. The van der Waals surface area contributed by atoms with E-state index in [2.05, 4.69) is 5.32 Å². The number of aromatic nitrogens is 3. The summed E-state index contributed by atoms with van der Waals surface area (Å²) in [4.78, 5) is 17.9. The molecule has 1 aliphatic carbocycles. The number of carbonyl (C=O) groups excluding carboxylic acids is 1. The van der Waals surface area contributed by atoms with Crippen LogP contribution in [0.25, 0.3) is 11.4 Å². The number of fused-ring (bicyclic) bond motifs is 1. The zero-order valence-electron chi connectivity index (χ0n) is 18.9. The number of benzene rings is 2. The predicted octanol–water partition coefficient (Wildman–Crippen LogP) is 4.38. The van der Waals surface area contributed by atoms with Crippen molar-refractivity contribution in [3.63, 3.8) is 0 Å². The number of ether oxygens (including phenoxy) is 3. The zero-order chi connectivity index (χ0) is 22.9. The van der Waals surface area contributed by atoms with E-state index >= 15 is 0 Å². The number of rotatable bonds is 6. The van der Waals surface area contributed by atoms with Crippen LogP contribution in [0.1, 0.15) is 37.8 Å². The van der Waals surface area contributed by atoms with Gasteiger partial charge in [0.05, 0.1) is 20.8 Å². The number of Topliss-reactive ketones (excluding diaryl/α,β-unsaturated/α-hetero) is 1. The van der Waals surface area contributed by atoms with E-state index < -0.39 is 6.04 Å². The number of hydrogen-bond acceptors (Lipinski definition) is 7. The molecule has 0 fully saturated rings. The van der Waals surface area contributed by atoms with Crippen molar-refractivity contribution in [1.29, 1.82) is 0 Å². The van der Waals surface area contributed by atoms with Gasteiger partial charge < -0.3 is 19.5 Å². The molecule has 170 valence electrons. The Balaban J connectivity index is 1.65. The van der Waals surface area contributed by atoms with E-state index in [0.29, 0.717) is 41.9 Å². The van der Waals surface area contributed by atoms with Gasteiger partial charge in [-0.05, 0) is 62.2 Å². The van der Waals surface area contributed by atoms with Crippen molar-refractivity contribution in [2.45, 2.75) is 32.2 Å². The molecule has 8 nitrogen and oxygen atoms in total. The van der Waals surface area contributed by atoms with E-state index in [-0.39, 0.29) is 5.78 Å². The van der Waals surface area contributed by atoms with Crippen LogP contribution in [0.5, 0.6) is 17.2 Å². The van der Waals surface area contributed by atoms with Crippen LogP contribution in [-0.4, -0.2) is 41.4 Å². The van der Waals surface area contributed by atoms with Crippen molar-refractivity contribution < 1.29 is 19.0 Å². The molecule has 0 bridgehead atoms. The lowest BCUT2D eigenvalue weighted by Crippen LogP contribution is -2.31. The number of carbonyl (C=O) groups is 1. The number of nitrogens with one attached hydrogen (secondary N) is 1. The summed E-state index contributed by atoms with van der Waals surface area (Å²) in [7, 11) is 3.24. The lowest BCUT2D eigenvalue weighted by molar-refractivity contribution is -0.116.